The van der Waals surface area contributed by atoms with Gasteiger partial charge in [-0.05, 0) is 76.9 Å². The monoisotopic (exact) mass is 498 g/mol. The van der Waals surface area contributed by atoms with Crippen molar-refractivity contribution in [3.05, 3.63) is 100 Å². The van der Waals surface area contributed by atoms with Gasteiger partial charge in [0, 0.05) is 29.3 Å². The Bertz CT molecular complexity index is 1190. The van der Waals surface area contributed by atoms with Crippen LogP contribution in [-0.4, -0.2) is 20.3 Å². The Kier molecular flexibility index (Phi) is 6.44. The summed E-state index contributed by atoms with van der Waals surface area (Å²) >= 11 is 9.36. The van der Waals surface area contributed by atoms with Gasteiger partial charge in [0.05, 0.1) is 10.5 Å². The predicted molar refractivity (Wildman–Crippen MR) is 124 cm³/mol. The van der Waals surface area contributed by atoms with Gasteiger partial charge in [0.25, 0.3) is 5.91 Å². The minimum atomic E-state index is -0.245. The number of hydrogen-bond donors (Lipinski definition) is 1. The summed E-state index contributed by atoms with van der Waals surface area (Å²) in [4.78, 5) is 12.7. The lowest BCUT2D eigenvalue weighted by molar-refractivity contribution is 0.0932. The first-order valence-electron chi connectivity index (χ1n) is 9.65. The Labute approximate surface area is 193 Å². The number of amides is 1. The Morgan fingerprint density at radius 2 is 1.94 bits per heavy atom. The Hall–Kier alpha value is -3.03. The molecule has 31 heavy (non-hydrogen) atoms. The zero-order valence-electron chi connectivity index (χ0n) is 16.7. The molecule has 1 N–H and O–H groups in total. The largest absolute Gasteiger partial charge is 0.470 e. The van der Waals surface area contributed by atoms with Gasteiger partial charge < -0.3 is 14.6 Å². The molecule has 1 atom stereocenters. The van der Waals surface area contributed by atoms with Crippen LogP contribution in [0.5, 0.6) is 5.75 Å². The fourth-order valence-electron chi connectivity index (χ4n) is 3.10. The zero-order valence-corrected chi connectivity index (χ0v) is 19.0. The molecule has 158 valence electrons. The molecular formula is C23H20BrClN4O2. The van der Waals surface area contributed by atoms with Crippen molar-refractivity contribution in [3.63, 3.8) is 0 Å². The van der Waals surface area contributed by atoms with E-state index in [1.54, 1.807) is 35.1 Å². The first-order chi connectivity index (χ1) is 15.0. The molecule has 0 saturated heterocycles. The van der Waals surface area contributed by atoms with Gasteiger partial charge in [0.15, 0.2) is 6.73 Å². The highest BCUT2D eigenvalue weighted by atomic mass is 79.9. The highest BCUT2D eigenvalue weighted by Crippen LogP contribution is 2.28. The molecule has 0 aliphatic rings. The van der Waals surface area contributed by atoms with Crippen LogP contribution < -0.4 is 10.1 Å². The average molecular weight is 500 g/mol. The Balaban J connectivity index is 1.38. The fraction of sp³-hybridized carbons (Fsp3) is 0.130. The van der Waals surface area contributed by atoms with Gasteiger partial charge in [0.2, 0.25) is 0 Å². The summed E-state index contributed by atoms with van der Waals surface area (Å²) in [5.41, 5.74) is 2.38. The molecule has 2 aromatic heterocycles. The number of carbonyl (C=O) groups is 1. The van der Waals surface area contributed by atoms with Crippen LogP contribution in [-0.2, 0) is 6.73 Å². The van der Waals surface area contributed by atoms with Crippen LogP contribution in [0.2, 0.25) is 5.02 Å². The Morgan fingerprint density at radius 3 is 2.71 bits per heavy atom. The molecule has 0 aliphatic carbocycles. The summed E-state index contributed by atoms with van der Waals surface area (Å²) < 4.78 is 10.1. The standard InChI is InChI=1S/C23H20BrClN4O2/c1-16(17-5-4-6-19(13-17)28-10-2-3-11-28)26-23(30)21-9-12-29(27-21)15-31-22-8-7-18(25)14-20(22)24/h2-14,16H,15H2,1H3,(H,26,30). The number of halogens is 2. The van der Waals surface area contributed by atoms with Crippen LogP contribution >= 0.6 is 27.5 Å². The molecule has 8 heteroatoms. The smallest absolute Gasteiger partial charge is 0.272 e. The third kappa shape index (κ3) is 5.18. The first-order valence-corrected chi connectivity index (χ1v) is 10.8. The number of carbonyl (C=O) groups excluding carboxylic acids is 1. The molecule has 0 fully saturated rings. The molecule has 6 nitrogen and oxygen atoms in total. The van der Waals surface area contributed by atoms with Crippen LogP contribution in [0, 0.1) is 0 Å². The second kappa shape index (κ2) is 9.41. The van der Waals surface area contributed by atoms with Crippen molar-refractivity contribution in [2.75, 3.05) is 0 Å². The molecule has 2 heterocycles. The van der Waals surface area contributed by atoms with Crippen molar-refractivity contribution in [1.29, 1.82) is 0 Å². The number of hydrogen-bond acceptors (Lipinski definition) is 3. The molecular weight excluding hydrogens is 480 g/mol. The number of ether oxygens (including phenoxy) is 1. The topological polar surface area (TPSA) is 61.1 Å². The zero-order chi connectivity index (χ0) is 21.8. The van der Waals surface area contributed by atoms with Crippen LogP contribution in [0.15, 0.2) is 83.7 Å². The van der Waals surface area contributed by atoms with Gasteiger partial charge in [-0.15, -0.1) is 0 Å². The summed E-state index contributed by atoms with van der Waals surface area (Å²) in [5, 5.41) is 7.93. The average Bonchev–Trinajstić information content (AvgIpc) is 3.46. The highest BCUT2D eigenvalue weighted by molar-refractivity contribution is 9.10. The van der Waals surface area contributed by atoms with Gasteiger partial charge >= 0.3 is 0 Å². The lowest BCUT2D eigenvalue weighted by Crippen LogP contribution is -2.27. The molecule has 0 saturated carbocycles. The van der Waals surface area contributed by atoms with E-state index in [9.17, 15) is 4.79 Å². The van der Waals surface area contributed by atoms with E-state index >= 15 is 0 Å². The summed E-state index contributed by atoms with van der Waals surface area (Å²) in [6.45, 7) is 2.12. The van der Waals surface area contributed by atoms with E-state index in [0.29, 0.717) is 16.5 Å². The van der Waals surface area contributed by atoms with Crippen LogP contribution in [0.3, 0.4) is 0 Å². The van der Waals surface area contributed by atoms with Crippen molar-refractivity contribution in [3.8, 4) is 11.4 Å². The third-order valence-corrected chi connectivity index (χ3v) is 5.59. The van der Waals surface area contributed by atoms with Gasteiger partial charge in [0.1, 0.15) is 11.4 Å². The molecule has 1 unspecified atom stereocenters. The summed E-state index contributed by atoms with van der Waals surface area (Å²) in [6.07, 6.45) is 5.68. The maximum absolute atomic E-state index is 12.7. The van der Waals surface area contributed by atoms with Gasteiger partial charge in [-0.2, -0.15) is 5.10 Å². The normalized spacial score (nSPS) is 11.8. The van der Waals surface area contributed by atoms with Gasteiger partial charge in [-0.25, -0.2) is 4.68 Å². The van der Waals surface area contributed by atoms with E-state index < -0.39 is 0 Å². The van der Waals surface area contributed by atoms with Gasteiger partial charge in [-0.3, -0.25) is 4.79 Å². The number of rotatable bonds is 7. The van der Waals surface area contributed by atoms with Crippen molar-refractivity contribution in [1.82, 2.24) is 19.7 Å². The number of nitrogens with zero attached hydrogens (tertiary/aromatic N) is 3. The van der Waals surface area contributed by atoms with Crippen molar-refractivity contribution in [2.45, 2.75) is 19.7 Å². The summed E-state index contributed by atoms with van der Waals surface area (Å²) in [7, 11) is 0. The molecule has 0 bridgehead atoms. The lowest BCUT2D eigenvalue weighted by Gasteiger charge is -2.15. The van der Waals surface area contributed by atoms with Crippen LogP contribution in [0.1, 0.15) is 29.0 Å². The minimum Gasteiger partial charge on any atom is -0.470 e. The quantitative estimate of drug-likeness (QED) is 0.359. The minimum absolute atomic E-state index is 0.169. The molecule has 0 spiro atoms. The predicted octanol–water partition coefficient (Wildman–Crippen LogP) is 5.62. The molecule has 4 rings (SSSR count). The second-order valence-corrected chi connectivity index (χ2v) is 8.26. The molecule has 0 radical (unpaired) electrons. The number of aromatic nitrogens is 3. The van der Waals surface area contributed by atoms with E-state index in [1.165, 1.54) is 0 Å². The van der Waals surface area contributed by atoms with Crippen molar-refractivity contribution >= 4 is 33.4 Å². The molecule has 2 aromatic carbocycles. The maximum atomic E-state index is 12.7. The number of benzene rings is 2. The van der Waals surface area contributed by atoms with Crippen molar-refractivity contribution < 1.29 is 9.53 Å². The van der Waals surface area contributed by atoms with E-state index in [0.717, 1.165) is 15.7 Å². The van der Waals surface area contributed by atoms with E-state index in [-0.39, 0.29) is 18.7 Å². The van der Waals surface area contributed by atoms with E-state index in [1.807, 2.05) is 54.2 Å². The van der Waals surface area contributed by atoms with Crippen LogP contribution in [0.25, 0.3) is 5.69 Å². The molecule has 1 amide bonds. The SMILES string of the molecule is CC(NC(=O)c1ccn(COc2ccc(Cl)cc2Br)n1)c1cccc(-n2cccc2)c1. The molecule has 4 aromatic rings. The Morgan fingerprint density at radius 1 is 1.13 bits per heavy atom. The lowest BCUT2D eigenvalue weighted by atomic mass is 10.1. The summed E-state index contributed by atoms with van der Waals surface area (Å²) in [6, 6.07) is 18.8. The summed E-state index contributed by atoms with van der Waals surface area (Å²) in [5.74, 6) is 0.396. The fourth-order valence-corrected chi connectivity index (χ4v) is 3.90. The second-order valence-electron chi connectivity index (χ2n) is 6.97. The van der Waals surface area contributed by atoms with Crippen molar-refractivity contribution in [2.24, 2.45) is 0 Å². The molecule has 0 aliphatic heterocycles. The third-order valence-electron chi connectivity index (χ3n) is 4.74. The van der Waals surface area contributed by atoms with Gasteiger partial charge in [-0.1, -0.05) is 23.7 Å². The van der Waals surface area contributed by atoms with E-state index in [4.69, 9.17) is 16.3 Å². The highest BCUT2D eigenvalue weighted by Gasteiger charge is 2.15. The number of nitrogens with one attached hydrogen (secondary N) is 1. The first kappa shape index (κ1) is 21.2. The van der Waals surface area contributed by atoms with Crippen LogP contribution in [0.4, 0.5) is 0 Å². The maximum Gasteiger partial charge on any atom is 0.272 e. The van der Waals surface area contributed by atoms with E-state index in [2.05, 4.69) is 32.4 Å².